The highest BCUT2D eigenvalue weighted by Gasteiger charge is 2.39. The topological polar surface area (TPSA) is 154 Å². The first kappa shape index (κ1) is 44.4. The van der Waals surface area contributed by atoms with Crippen LogP contribution in [0.25, 0.3) is 0 Å². The summed E-state index contributed by atoms with van der Waals surface area (Å²) in [6.07, 6.45) is 26.3. The molecule has 0 saturated heterocycles. The summed E-state index contributed by atoms with van der Waals surface area (Å²) in [6.45, 7) is 11.8. The van der Waals surface area contributed by atoms with E-state index in [1.165, 1.54) is 116 Å². The van der Waals surface area contributed by atoms with E-state index in [2.05, 4.69) is 16.0 Å². The third-order valence-electron chi connectivity index (χ3n) is 8.50. The van der Waals surface area contributed by atoms with Gasteiger partial charge in [0.05, 0.1) is 0 Å². The first-order valence-corrected chi connectivity index (χ1v) is 21.9. The molecule has 282 valence electrons. The highest BCUT2D eigenvalue weighted by Crippen LogP contribution is 2.19. The van der Waals surface area contributed by atoms with Crippen molar-refractivity contribution in [3.8, 4) is 0 Å². The van der Waals surface area contributed by atoms with E-state index in [-0.39, 0.29) is 0 Å². The van der Waals surface area contributed by atoms with E-state index in [4.69, 9.17) is 39.7 Å². The van der Waals surface area contributed by atoms with Gasteiger partial charge in [-0.05, 0) is 66.0 Å². The Balaban J connectivity index is 2.52. The van der Waals surface area contributed by atoms with Gasteiger partial charge in [0.2, 0.25) is 17.8 Å². The van der Waals surface area contributed by atoms with Gasteiger partial charge >= 0.3 is 8.80 Å². The molecule has 0 amide bonds. The quantitative estimate of drug-likeness (QED) is 0.0337. The summed E-state index contributed by atoms with van der Waals surface area (Å²) < 4.78 is 18.1. The van der Waals surface area contributed by atoms with E-state index < -0.39 is 8.80 Å². The Kier molecular flexibility index (Phi) is 30.2. The molecule has 12 heteroatoms. The number of nitrogens with zero attached hydrogens (tertiary/aromatic N) is 3. The zero-order valence-corrected chi connectivity index (χ0v) is 32.4. The summed E-state index contributed by atoms with van der Waals surface area (Å²) in [7, 11) is -2.67. The maximum atomic E-state index is 6.02. The molecule has 1 heterocycles. The maximum absolute atomic E-state index is 6.02. The van der Waals surface area contributed by atoms with Gasteiger partial charge in [-0.15, -0.1) is 0 Å². The lowest BCUT2D eigenvalue weighted by atomic mass is 10.1. The van der Waals surface area contributed by atoms with Crippen LogP contribution in [0.2, 0.25) is 6.04 Å². The predicted octanol–water partition coefficient (Wildman–Crippen LogP) is 8.27. The summed E-state index contributed by atoms with van der Waals surface area (Å²) in [6, 6.07) is 0.749. The number of anilines is 3. The van der Waals surface area contributed by atoms with E-state index in [1.54, 1.807) is 0 Å². The molecule has 0 bridgehead atoms. The molecule has 1 rings (SSSR count). The van der Waals surface area contributed by atoms with E-state index in [1.807, 2.05) is 20.8 Å². The number of aromatic nitrogens is 3. The maximum Gasteiger partial charge on any atom is 0.500 e. The van der Waals surface area contributed by atoms with Gasteiger partial charge in [0.25, 0.3) is 0 Å². The average Bonchev–Trinajstić information content (AvgIpc) is 3.08. The van der Waals surface area contributed by atoms with Crippen LogP contribution in [0, 0.1) is 0 Å². The van der Waals surface area contributed by atoms with Crippen molar-refractivity contribution in [2.24, 2.45) is 11.5 Å². The highest BCUT2D eigenvalue weighted by molar-refractivity contribution is 6.60. The third kappa shape index (κ3) is 24.5. The van der Waals surface area contributed by atoms with Crippen molar-refractivity contribution in [3.63, 3.8) is 0 Å². The van der Waals surface area contributed by atoms with Gasteiger partial charge in [0.15, 0.2) is 0 Å². The standard InChI is InChI=1S/C36H76N8O3Si/c1-4-45-48(46-5-2,47-6-3)33-27-32-41-36-43-34(39-30-25-21-17-13-9-7-11-15-19-23-28-37)42-35(44-36)40-31-26-22-18-14-10-8-12-16-20-24-29-38/h4-33,37-38H2,1-3H3,(H3,39,40,41,42,43,44). The molecule has 0 saturated carbocycles. The summed E-state index contributed by atoms with van der Waals surface area (Å²) in [5, 5.41) is 10.3. The lowest BCUT2D eigenvalue weighted by molar-refractivity contribution is 0.0710. The van der Waals surface area contributed by atoms with Gasteiger partial charge in [-0.2, -0.15) is 15.0 Å². The normalized spacial score (nSPS) is 11.7. The molecule has 0 aromatic carbocycles. The summed E-state index contributed by atoms with van der Waals surface area (Å²) in [4.78, 5) is 14.1. The van der Waals surface area contributed by atoms with Crippen LogP contribution in [0.4, 0.5) is 17.8 Å². The lowest BCUT2D eigenvalue weighted by Gasteiger charge is -2.28. The number of rotatable bonds is 37. The first-order valence-electron chi connectivity index (χ1n) is 19.9. The third-order valence-corrected chi connectivity index (χ3v) is 11.7. The fourth-order valence-electron chi connectivity index (χ4n) is 5.89. The van der Waals surface area contributed by atoms with Crippen LogP contribution in [0.3, 0.4) is 0 Å². The minimum atomic E-state index is -2.67. The van der Waals surface area contributed by atoms with Crippen molar-refractivity contribution in [3.05, 3.63) is 0 Å². The van der Waals surface area contributed by atoms with Crippen LogP contribution in [0.5, 0.6) is 0 Å². The Morgan fingerprint density at radius 1 is 0.417 bits per heavy atom. The molecular weight excluding hydrogens is 621 g/mol. The van der Waals surface area contributed by atoms with E-state index >= 15 is 0 Å². The molecule has 0 spiro atoms. The first-order chi connectivity index (χ1) is 23.6. The molecule has 1 aromatic heterocycles. The molecule has 0 aliphatic carbocycles. The Morgan fingerprint density at radius 2 is 0.688 bits per heavy atom. The van der Waals surface area contributed by atoms with Crippen LogP contribution in [-0.4, -0.2) is 76.3 Å². The molecule has 0 fully saturated rings. The predicted molar refractivity (Wildman–Crippen MR) is 206 cm³/mol. The molecule has 11 nitrogen and oxygen atoms in total. The smallest absolute Gasteiger partial charge is 0.374 e. The Hall–Kier alpha value is -1.57. The van der Waals surface area contributed by atoms with Crippen LogP contribution >= 0.6 is 0 Å². The van der Waals surface area contributed by atoms with E-state index in [9.17, 15) is 0 Å². The lowest BCUT2D eigenvalue weighted by Crippen LogP contribution is -2.46. The monoisotopic (exact) mass is 697 g/mol. The van der Waals surface area contributed by atoms with Crippen LogP contribution in [0.15, 0.2) is 0 Å². The molecular formula is C36H76N8O3Si. The SMILES string of the molecule is CCO[Si](CCCNc1nc(NCCCCCCCCCCCCN)nc(NCCCCCCCCCCCCN)n1)(OCC)OCC. The molecule has 0 unspecified atom stereocenters. The largest absolute Gasteiger partial charge is 0.500 e. The number of nitrogens with one attached hydrogen (secondary N) is 3. The van der Waals surface area contributed by atoms with Crippen molar-refractivity contribution >= 4 is 26.6 Å². The molecule has 0 radical (unpaired) electrons. The second kappa shape index (κ2) is 32.6. The van der Waals surface area contributed by atoms with Gasteiger partial charge in [0.1, 0.15) is 0 Å². The number of hydrogen-bond donors (Lipinski definition) is 5. The fraction of sp³-hybridized carbons (Fsp3) is 0.917. The zero-order valence-electron chi connectivity index (χ0n) is 31.4. The molecule has 0 aliphatic rings. The van der Waals surface area contributed by atoms with Gasteiger partial charge in [-0.3, -0.25) is 0 Å². The molecule has 48 heavy (non-hydrogen) atoms. The Bertz CT molecular complexity index is 779. The van der Waals surface area contributed by atoms with Crippen LogP contribution < -0.4 is 27.4 Å². The second-order valence-corrected chi connectivity index (χ2v) is 15.6. The Labute approximate surface area is 296 Å². The van der Waals surface area contributed by atoms with Crippen molar-refractivity contribution in [1.82, 2.24) is 15.0 Å². The van der Waals surface area contributed by atoms with Gasteiger partial charge in [-0.1, -0.05) is 103 Å². The average molecular weight is 697 g/mol. The molecule has 0 aliphatic heterocycles. The van der Waals surface area contributed by atoms with Crippen LogP contribution in [-0.2, 0) is 13.3 Å². The number of unbranched alkanes of at least 4 members (excludes halogenated alkanes) is 18. The zero-order chi connectivity index (χ0) is 34.8. The van der Waals surface area contributed by atoms with E-state index in [0.29, 0.717) is 44.2 Å². The second-order valence-electron chi connectivity index (χ2n) is 12.8. The minimum Gasteiger partial charge on any atom is -0.374 e. The number of nitrogens with two attached hydrogens (primary N) is 2. The molecule has 0 atom stereocenters. The van der Waals surface area contributed by atoms with Gasteiger partial charge < -0.3 is 40.7 Å². The van der Waals surface area contributed by atoms with Crippen molar-refractivity contribution < 1.29 is 13.3 Å². The summed E-state index contributed by atoms with van der Waals surface area (Å²) >= 11 is 0. The summed E-state index contributed by atoms with van der Waals surface area (Å²) in [5.74, 6) is 1.84. The van der Waals surface area contributed by atoms with E-state index in [0.717, 1.165) is 51.5 Å². The Morgan fingerprint density at radius 3 is 0.979 bits per heavy atom. The van der Waals surface area contributed by atoms with Crippen molar-refractivity contribution in [2.45, 2.75) is 162 Å². The van der Waals surface area contributed by atoms with Crippen molar-refractivity contribution in [2.75, 3.05) is 68.5 Å². The van der Waals surface area contributed by atoms with Crippen molar-refractivity contribution in [1.29, 1.82) is 0 Å². The molecule has 1 aromatic rings. The molecule has 7 N–H and O–H groups in total. The fourth-order valence-corrected chi connectivity index (χ4v) is 8.50. The van der Waals surface area contributed by atoms with Crippen LogP contribution in [0.1, 0.15) is 156 Å². The minimum absolute atomic E-state index is 0.586. The van der Waals surface area contributed by atoms with Gasteiger partial charge in [0, 0.05) is 45.5 Å². The van der Waals surface area contributed by atoms with Gasteiger partial charge in [-0.25, -0.2) is 0 Å². The summed E-state index contributed by atoms with van der Waals surface area (Å²) in [5.41, 5.74) is 11.2. The number of hydrogen-bond acceptors (Lipinski definition) is 11. The highest BCUT2D eigenvalue weighted by atomic mass is 28.4.